The number of nitrogens with one attached hydrogen (secondary N) is 1. The van der Waals surface area contributed by atoms with Gasteiger partial charge in [-0.25, -0.2) is 5.06 Å². The van der Waals surface area contributed by atoms with E-state index in [0.29, 0.717) is 19.7 Å². The fourth-order valence-corrected chi connectivity index (χ4v) is 3.35. The Morgan fingerprint density at radius 1 is 1.33 bits per heavy atom. The number of hydrogen-bond donors (Lipinski definition) is 1. The molecule has 0 spiro atoms. The van der Waals surface area contributed by atoms with Crippen molar-refractivity contribution < 1.29 is 24.0 Å². The third-order valence-electron chi connectivity index (χ3n) is 4.73. The van der Waals surface area contributed by atoms with Crippen LogP contribution in [0.25, 0.3) is 0 Å². The molecular weight excluding hydrogens is 314 g/mol. The molecular formula is C16H27N3O5. The van der Waals surface area contributed by atoms with Crippen LogP contribution in [-0.4, -0.2) is 73.7 Å². The summed E-state index contributed by atoms with van der Waals surface area (Å²) in [5, 5.41) is 3.97. The average Bonchev–Trinajstić information content (AvgIpc) is 3.09. The third kappa shape index (κ3) is 4.45. The maximum absolute atomic E-state index is 12.4. The highest BCUT2D eigenvalue weighted by Crippen LogP contribution is 2.24. The molecule has 2 saturated heterocycles. The van der Waals surface area contributed by atoms with E-state index in [1.807, 2.05) is 0 Å². The maximum Gasteiger partial charge on any atom is 0.265 e. The fourth-order valence-electron chi connectivity index (χ4n) is 3.35. The highest BCUT2D eigenvalue weighted by Gasteiger charge is 2.37. The molecule has 0 saturated carbocycles. The van der Waals surface area contributed by atoms with Crippen LogP contribution in [0.15, 0.2) is 0 Å². The predicted octanol–water partition coefficient (Wildman–Crippen LogP) is -0.0715. The molecule has 1 N–H and O–H groups in total. The lowest BCUT2D eigenvalue weighted by Gasteiger charge is -2.32. The van der Waals surface area contributed by atoms with E-state index in [2.05, 4.69) is 5.32 Å². The summed E-state index contributed by atoms with van der Waals surface area (Å²) in [4.78, 5) is 42.5. The number of hydrogen-bond acceptors (Lipinski definition) is 5. The van der Waals surface area contributed by atoms with Crippen LogP contribution in [0.5, 0.6) is 0 Å². The van der Waals surface area contributed by atoms with Crippen molar-refractivity contribution >= 4 is 18.2 Å². The van der Waals surface area contributed by atoms with Crippen molar-refractivity contribution in [3.8, 4) is 0 Å². The second-order valence-electron chi connectivity index (χ2n) is 6.30. The number of amides is 3. The topological polar surface area (TPSA) is 88.2 Å². The first-order valence-corrected chi connectivity index (χ1v) is 8.53. The first-order chi connectivity index (χ1) is 11.6. The van der Waals surface area contributed by atoms with Gasteiger partial charge in [-0.1, -0.05) is 6.92 Å². The van der Waals surface area contributed by atoms with Crippen LogP contribution in [0.4, 0.5) is 0 Å². The Morgan fingerprint density at radius 3 is 2.75 bits per heavy atom. The molecule has 3 atom stereocenters. The van der Waals surface area contributed by atoms with Gasteiger partial charge in [-0.05, 0) is 25.7 Å². The van der Waals surface area contributed by atoms with Gasteiger partial charge < -0.3 is 15.0 Å². The van der Waals surface area contributed by atoms with Gasteiger partial charge in [0.2, 0.25) is 12.3 Å². The molecule has 2 unspecified atom stereocenters. The van der Waals surface area contributed by atoms with E-state index in [9.17, 15) is 14.4 Å². The summed E-state index contributed by atoms with van der Waals surface area (Å²) in [7, 11) is 1.54. The van der Waals surface area contributed by atoms with Gasteiger partial charge in [0.25, 0.3) is 5.91 Å². The molecule has 2 heterocycles. The van der Waals surface area contributed by atoms with E-state index in [1.54, 1.807) is 18.9 Å². The van der Waals surface area contributed by atoms with Crippen molar-refractivity contribution in [2.45, 2.75) is 44.8 Å². The number of methoxy groups -OCH3 is 1. The highest BCUT2D eigenvalue weighted by atomic mass is 16.7. The minimum Gasteiger partial charge on any atom is -0.378 e. The van der Waals surface area contributed by atoms with Gasteiger partial charge in [0.1, 0.15) is 0 Å². The molecule has 136 valence electrons. The second-order valence-corrected chi connectivity index (χ2v) is 6.30. The number of ether oxygens (including phenoxy) is 1. The van der Waals surface area contributed by atoms with Gasteiger partial charge in [-0.2, -0.15) is 0 Å². The van der Waals surface area contributed by atoms with Crippen LogP contribution in [0, 0.1) is 5.92 Å². The monoisotopic (exact) mass is 341 g/mol. The van der Waals surface area contributed by atoms with Crippen LogP contribution in [0.1, 0.15) is 32.6 Å². The molecule has 8 nitrogen and oxygen atoms in total. The molecule has 0 bridgehead atoms. The minimum absolute atomic E-state index is 0.0956. The minimum atomic E-state index is -0.462. The SMILES string of the molecule is COC(C(C)C(=O)NCC(=O)N1CCCCO1)[C@@H]1CCCN1C=O. The van der Waals surface area contributed by atoms with E-state index in [0.717, 1.165) is 32.1 Å². The van der Waals surface area contributed by atoms with Gasteiger partial charge in [-0.3, -0.25) is 19.2 Å². The fraction of sp³-hybridized carbons (Fsp3) is 0.812. The van der Waals surface area contributed by atoms with Gasteiger partial charge >= 0.3 is 0 Å². The van der Waals surface area contributed by atoms with Crippen LogP contribution >= 0.6 is 0 Å². The summed E-state index contributed by atoms with van der Waals surface area (Å²) in [6.07, 6.45) is 3.99. The smallest absolute Gasteiger partial charge is 0.265 e. The first-order valence-electron chi connectivity index (χ1n) is 8.53. The Balaban J connectivity index is 1.85. The molecule has 0 aromatic heterocycles. The van der Waals surface area contributed by atoms with Crippen molar-refractivity contribution in [1.29, 1.82) is 0 Å². The molecule has 24 heavy (non-hydrogen) atoms. The van der Waals surface area contributed by atoms with Crippen molar-refractivity contribution in [3.63, 3.8) is 0 Å². The van der Waals surface area contributed by atoms with E-state index in [-0.39, 0.29) is 30.5 Å². The van der Waals surface area contributed by atoms with Crippen molar-refractivity contribution in [3.05, 3.63) is 0 Å². The number of likely N-dealkylation sites (tertiary alicyclic amines) is 1. The third-order valence-corrected chi connectivity index (χ3v) is 4.73. The number of rotatable bonds is 7. The van der Waals surface area contributed by atoms with Crippen molar-refractivity contribution in [2.75, 3.05) is 33.4 Å². The average molecular weight is 341 g/mol. The molecule has 8 heteroatoms. The molecule has 2 aliphatic heterocycles. The van der Waals surface area contributed by atoms with Crippen molar-refractivity contribution in [2.24, 2.45) is 5.92 Å². The van der Waals surface area contributed by atoms with Crippen LogP contribution in [-0.2, 0) is 24.0 Å². The summed E-state index contributed by atoms with van der Waals surface area (Å²) < 4.78 is 5.49. The van der Waals surface area contributed by atoms with E-state index in [1.165, 1.54) is 5.06 Å². The summed E-state index contributed by atoms with van der Waals surface area (Å²) >= 11 is 0. The molecule has 0 aromatic rings. The first kappa shape index (κ1) is 18.7. The standard InChI is InChI=1S/C16H27N3O5/c1-12(15(23-2)13-6-5-7-18(13)11-20)16(22)17-10-14(21)19-8-3-4-9-24-19/h11-13,15H,3-10H2,1-2H3,(H,17,22)/t12?,13-,15?/m0/s1. The molecule has 2 fully saturated rings. The molecule has 0 aliphatic carbocycles. The number of hydroxylamine groups is 2. The lowest BCUT2D eigenvalue weighted by atomic mass is 9.95. The zero-order valence-electron chi connectivity index (χ0n) is 14.4. The van der Waals surface area contributed by atoms with Gasteiger partial charge in [0, 0.05) is 20.2 Å². The Labute approximate surface area is 142 Å². The van der Waals surface area contributed by atoms with Crippen LogP contribution in [0.3, 0.4) is 0 Å². The van der Waals surface area contributed by atoms with E-state index in [4.69, 9.17) is 9.57 Å². The Morgan fingerprint density at radius 2 is 2.12 bits per heavy atom. The van der Waals surface area contributed by atoms with E-state index < -0.39 is 5.92 Å². The van der Waals surface area contributed by atoms with Crippen molar-refractivity contribution in [1.82, 2.24) is 15.3 Å². The van der Waals surface area contributed by atoms with Crippen LogP contribution in [0.2, 0.25) is 0 Å². The second kappa shape index (κ2) is 8.98. The maximum atomic E-state index is 12.4. The normalized spacial score (nSPS) is 23.7. The quantitative estimate of drug-likeness (QED) is 0.655. The number of carbonyl (C=O) groups is 3. The number of carbonyl (C=O) groups excluding carboxylic acids is 3. The lowest BCUT2D eigenvalue weighted by Crippen LogP contribution is -2.49. The van der Waals surface area contributed by atoms with Crippen LogP contribution < -0.4 is 5.32 Å². The predicted molar refractivity (Wildman–Crippen MR) is 85.7 cm³/mol. The Kier molecular flexibility index (Phi) is 6.99. The highest BCUT2D eigenvalue weighted by molar-refractivity contribution is 5.85. The summed E-state index contributed by atoms with van der Waals surface area (Å²) in [5.74, 6) is -0.972. The zero-order chi connectivity index (χ0) is 17.5. The lowest BCUT2D eigenvalue weighted by molar-refractivity contribution is -0.196. The zero-order valence-corrected chi connectivity index (χ0v) is 14.4. The summed E-state index contributed by atoms with van der Waals surface area (Å²) in [5.41, 5.74) is 0. The number of nitrogens with zero attached hydrogens (tertiary/aromatic N) is 2. The molecule has 2 rings (SSSR count). The molecule has 0 aromatic carbocycles. The Bertz CT molecular complexity index is 453. The van der Waals surface area contributed by atoms with Gasteiger partial charge in [0.15, 0.2) is 0 Å². The largest absolute Gasteiger partial charge is 0.378 e. The molecule has 3 amide bonds. The van der Waals surface area contributed by atoms with E-state index >= 15 is 0 Å². The van der Waals surface area contributed by atoms with Gasteiger partial charge in [0.05, 0.1) is 31.2 Å². The molecule has 0 radical (unpaired) electrons. The summed E-state index contributed by atoms with van der Waals surface area (Å²) in [6, 6.07) is -0.102. The summed E-state index contributed by atoms with van der Waals surface area (Å²) in [6.45, 7) is 3.44. The van der Waals surface area contributed by atoms with Gasteiger partial charge in [-0.15, -0.1) is 0 Å². The molecule has 2 aliphatic rings. The Hall–Kier alpha value is -1.67.